The topological polar surface area (TPSA) is 192 Å². The van der Waals surface area contributed by atoms with Crippen molar-refractivity contribution >= 4 is 29.3 Å². The first-order chi connectivity index (χ1) is 30.7. The summed E-state index contributed by atoms with van der Waals surface area (Å²) in [6, 6.07) is 18.9. The fourth-order valence-corrected chi connectivity index (χ4v) is 9.62. The van der Waals surface area contributed by atoms with Crippen LogP contribution in [0.4, 0.5) is 10.5 Å². The quantitative estimate of drug-likeness (QED) is 0.0258. The van der Waals surface area contributed by atoms with Gasteiger partial charge in [0.25, 0.3) is 5.69 Å². The van der Waals surface area contributed by atoms with Gasteiger partial charge < -0.3 is 43.8 Å². The number of fused-ring (bicyclic) bond motifs is 2. The van der Waals surface area contributed by atoms with Gasteiger partial charge in [0.05, 0.1) is 50.1 Å². The molecule has 0 saturated heterocycles. The third kappa shape index (κ3) is 11.2. The number of aliphatic hydroxyl groups excluding tert-OH is 3. The predicted octanol–water partition coefficient (Wildman–Crippen LogP) is 8.02. The molecule has 6 rings (SSSR count). The molecular formula is C47H59N3O12S. The largest absolute Gasteiger partial charge is 0.459 e. The lowest BCUT2D eigenvalue weighted by Gasteiger charge is -2.59. The summed E-state index contributed by atoms with van der Waals surface area (Å²) in [5, 5.41) is 45.5. The Morgan fingerprint density at radius 2 is 1.73 bits per heavy atom. The zero-order valence-electron chi connectivity index (χ0n) is 36.0. The molecule has 2 aliphatic carbocycles. The van der Waals surface area contributed by atoms with E-state index >= 15 is 0 Å². The molecule has 0 bridgehead atoms. The molecule has 1 amide bonds. The van der Waals surface area contributed by atoms with E-state index in [0.29, 0.717) is 41.4 Å². The van der Waals surface area contributed by atoms with Crippen molar-refractivity contribution in [3.05, 3.63) is 112 Å². The second kappa shape index (κ2) is 23.1. The fraction of sp³-hybridized carbons (Fsp3) is 0.489. The van der Waals surface area contributed by atoms with Gasteiger partial charge in [-0.2, -0.15) is 0 Å². The molecule has 1 saturated carbocycles. The lowest BCUT2D eigenvalue weighted by atomic mass is 9.55. The van der Waals surface area contributed by atoms with Gasteiger partial charge in [-0.1, -0.05) is 30.1 Å². The normalized spacial score (nSPS) is 22.8. The lowest BCUT2D eigenvalue weighted by molar-refractivity contribution is -0.384. The van der Waals surface area contributed by atoms with Crippen molar-refractivity contribution in [1.82, 2.24) is 4.90 Å². The summed E-state index contributed by atoms with van der Waals surface area (Å²) in [4.78, 5) is 33.6. The maximum Gasteiger partial charge on any atom is 0.410 e. The second-order valence-electron chi connectivity index (χ2n) is 15.7. The highest BCUT2D eigenvalue weighted by molar-refractivity contribution is 7.98. The molecule has 3 N–H and O–H groups in total. The van der Waals surface area contributed by atoms with Crippen LogP contribution in [0, 0.1) is 27.9 Å². The van der Waals surface area contributed by atoms with Crippen LogP contribution in [-0.4, -0.2) is 108 Å². The minimum Gasteiger partial charge on any atom is -0.459 e. The number of aliphatic hydroxyl groups is 3. The van der Waals surface area contributed by atoms with Crippen LogP contribution < -0.4 is 9.47 Å². The highest BCUT2D eigenvalue weighted by Gasteiger charge is 2.65. The van der Waals surface area contributed by atoms with Gasteiger partial charge >= 0.3 is 6.09 Å². The van der Waals surface area contributed by atoms with E-state index in [9.17, 15) is 30.2 Å². The van der Waals surface area contributed by atoms with Crippen LogP contribution >= 0.6 is 11.8 Å². The molecule has 63 heavy (non-hydrogen) atoms. The van der Waals surface area contributed by atoms with E-state index in [4.69, 9.17) is 33.7 Å². The summed E-state index contributed by atoms with van der Waals surface area (Å²) >= 11 is 1.64. The Labute approximate surface area is 372 Å². The van der Waals surface area contributed by atoms with E-state index < -0.39 is 28.8 Å². The number of non-ortho nitro benzene ring substituents is 1. The van der Waals surface area contributed by atoms with Crippen LogP contribution in [0.15, 0.2) is 101 Å². The molecule has 3 aromatic carbocycles. The predicted molar refractivity (Wildman–Crippen MR) is 238 cm³/mol. The number of nitro groups is 1. The molecule has 1 fully saturated rings. The van der Waals surface area contributed by atoms with Gasteiger partial charge in [-0.3, -0.25) is 15.0 Å². The van der Waals surface area contributed by atoms with Crippen LogP contribution in [0.2, 0.25) is 0 Å². The number of unbranched alkanes of at least 4 members (excludes halogenated alkanes) is 2. The standard InChI is InChI=1S/C47H59N3O12S/c1-4-25-59-47-43(49(46(54)57-2)21-26-58-27-24-53)30-41(48-60-31-32-11-13-34(14-12-32)50(55)56)39-28-33(9-5-7-22-51)38(10-6-8-23-52)44(45(39)47)40-29-36(17-20-42(40)62-47)61-35-15-18-37(63-3)19-16-35/h4,11-20,28-29,33,38,43-45,51-53H,1,5-10,21-27,30-31H2,2-3H3/t33-,38+,43-,44+,45+,47+/m0/s1. The SMILES string of the molecule is C=CCO[C@@]12Oc3ccc(Oc4ccc(SC)cc4)cc3[C@H]3[C@H](CCCCO)[C@@H](CCCCO)C=C(C(=NOCc4ccc([N+](=O)[O-])cc4)C[C@@H]1N(CCOCCO)C(=O)OC)[C@H]32. The monoisotopic (exact) mass is 889 g/mol. The second-order valence-corrected chi connectivity index (χ2v) is 16.6. The zero-order valence-corrected chi connectivity index (χ0v) is 36.8. The van der Waals surface area contributed by atoms with Crippen LogP contribution in [0.25, 0.3) is 0 Å². The molecule has 3 aliphatic rings. The molecule has 1 heterocycles. The van der Waals surface area contributed by atoms with Gasteiger partial charge in [-0.05, 0) is 110 Å². The number of nitrogens with zero attached hydrogens (tertiary/aromatic N) is 3. The number of hydrogen-bond donors (Lipinski definition) is 3. The average Bonchev–Trinajstić information content (AvgIpc) is 3.30. The number of rotatable bonds is 24. The zero-order chi connectivity index (χ0) is 44.8. The van der Waals surface area contributed by atoms with Crippen molar-refractivity contribution in [2.45, 2.75) is 74.2 Å². The van der Waals surface area contributed by atoms with E-state index in [-0.39, 0.29) is 82.7 Å². The van der Waals surface area contributed by atoms with Gasteiger partial charge in [0.2, 0.25) is 5.79 Å². The van der Waals surface area contributed by atoms with Crippen LogP contribution in [0.5, 0.6) is 17.2 Å². The molecule has 6 atom stereocenters. The molecule has 0 unspecified atom stereocenters. The fourth-order valence-electron chi connectivity index (χ4n) is 9.21. The Balaban J connectivity index is 1.55. The van der Waals surface area contributed by atoms with Crippen molar-refractivity contribution in [1.29, 1.82) is 0 Å². The van der Waals surface area contributed by atoms with Crippen LogP contribution in [0.1, 0.15) is 62.0 Å². The van der Waals surface area contributed by atoms with E-state index in [1.807, 2.05) is 48.7 Å². The molecule has 3 aromatic rings. The van der Waals surface area contributed by atoms with Crippen molar-refractivity contribution in [3.63, 3.8) is 0 Å². The number of ether oxygens (including phenoxy) is 5. The first kappa shape index (κ1) is 47.5. The number of hydrogen-bond acceptors (Lipinski definition) is 14. The third-order valence-electron chi connectivity index (χ3n) is 12.0. The van der Waals surface area contributed by atoms with Crippen molar-refractivity contribution < 1.29 is 53.6 Å². The molecule has 0 radical (unpaired) electrons. The summed E-state index contributed by atoms with van der Waals surface area (Å²) in [6.07, 6.45) is 9.65. The minimum absolute atomic E-state index is 0.00164. The number of amides is 1. The molecule has 0 spiro atoms. The van der Waals surface area contributed by atoms with Crippen molar-refractivity contribution in [2.24, 2.45) is 22.9 Å². The molecule has 340 valence electrons. The van der Waals surface area contributed by atoms with Crippen molar-refractivity contribution in [3.8, 4) is 17.2 Å². The molecular weight excluding hydrogens is 831 g/mol. The first-order valence-corrected chi connectivity index (χ1v) is 22.7. The smallest absolute Gasteiger partial charge is 0.410 e. The Kier molecular flexibility index (Phi) is 17.4. The van der Waals surface area contributed by atoms with Crippen LogP contribution in [-0.2, 0) is 25.7 Å². The summed E-state index contributed by atoms with van der Waals surface area (Å²) in [5.41, 5.74) is 2.92. The van der Waals surface area contributed by atoms with Gasteiger partial charge in [0.15, 0.2) is 0 Å². The van der Waals surface area contributed by atoms with Crippen LogP contribution in [0.3, 0.4) is 0 Å². The van der Waals surface area contributed by atoms with Gasteiger partial charge in [-0.15, -0.1) is 18.3 Å². The van der Waals surface area contributed by atoms with E-state index in [1.54, 1.807) is 30.0 Å². The van der Waals surface area contributed by atoms with E-state index in [0.717, 1.165) is 41.7 Å². The number of carbonyl (C=O) groups excluding carboxylic acids is 1. The Morgan fingerprint density at radius 3 is 2.40 bits per heavy atom. The van der Waals surface area contributed by atoms with Gasteiger partial charge in [-0.25, -0.2) is 4.79 Å². The number of carbonyl (C=O) groups is 1. The van der Waals surface area contributed by atoms with Gasteiger partial charge in [0, 0.05) is 54.7 Å². The summed E-state index contributed by atoms with van der Waals surface area (Å²) in [7, 11) is 1.31. The van der Waals surface area contributed by atoms with E-state index in [1.165, 1.54) is 24.1 Å². The molecule has 0 aromatic heterocycles. The number of thioether (sulfide) groups is 1. The highest BCUT2D eigenvalue weighted by Crippen LogP contribution is 2.62. The number of benzene rings is 3. The number of methoxy groups -OCH3 is 1. The number of nitro benzene ring substituents is 1. The maximum absolute atomic E-state index is 14.0. The Morgan fingerprint density at radius 1 is 1.00 bits per heavy atom. The maximum atomic E-state index is 14.0. The summed E-state index contributed by atoms with van der Waals surface area (Å²) in [6.45, 7) is 4.20. The Bertz CT molecular complexity index is 2050. The van der Waals surface area contributed by atoms with Crippen molar-refractivity contribution in [2.75, 3.05) is 59.6 Å². The molecule has 15 nitrogen and oxygen atoms in total. The lowest BCUT2D eigenvalue weighted by Crippen LogP contribution is -2.70. The van der Waals surface area contributed by atoms with Gasteiger partial charge in [0.1, 0.15) is 29.9 Å². The summed E-state index contributed by atoms with van der Waals surface area (Å²) < 4.78 is 31.8. The highest BCUT2D eigenvalue weighted by atomic mass is 32.2. The minimum atomic E-state index is -1.53. The van der Waals surface area contributed by atoms with E-state index in [2.05, 4.69) is 12.7 Å². The average molecular weight is 890 g/mol. The molecule has 1 aliphatic heterocycles. The summed E-state index contributed by atoms with van der Waals surface area (Å²) in [5.74, 6) is -0.579. The third-order valence-corrected chi connectivity index (χ3v) is 12.7. The first-order valence-electron chi connectivity index (χ1n) is 21.5. The number of oxime groups is 1. The number of allylic oxidation sites excluding steroid dienone is 1. The molecule has 16 heteroatoms. The Hall–Kier alpha value is -4.97.